The number of benzene rings is 1. The summed E-state index contributed by atoms with van der Waals surface area (Å²) in [6, 6.07) is 13.5. The van der Waals surface area contributed by atoms with Crippen molar-refractivity contribution in [3.8, 4) is 0 Å². The molecule has 0 atom stereocenters. The molecule has 2 aromatic heterocycles. The molecule has 0 aliphatic rings. The van der Waals surface area contributed by atoms with Crippen molar-refractivity contribution in [2.24, 2.45) is 0 Å². The number of hydrogen-bond acceptors (Lipinski definition) is 3. The predicted molar refractivity (Wildman–Crippen MR) is 74.1 cm³/mol. The summed E-state index contributed by atoms with van der Waals surface area (Å²) in [5.74, 6) is -0.0374. The number of anilines is 1. The zero-order valence-electron chi connectivity index (χ0n) is 8.84. The molecule has 0 aliphatic heterocycles. The molecule has 1 aromatic carbocycles. The lowest BCUT2D eigenvalue weighted by molar-refractivity contribution is 0.103. The molecule has 17 heavy (non-hydrogen) atoms. The largest absolute Gasteiger partial charge is 0.321 e. The molecule has 4 heteroatoms. The van der Waals surface area contributed by atoms with Crippen LogP contribution in [0.2, 0.25) is 0 Å². The van der Waals surface area contributed by atoms with E-state index in [9.17, 15) is 4.79 Å². The average Bonchev–Trinajstić information content (AvgIpc) is 2.90. The number of hydrogen-bond donors (Lipinski definition) is 1. The Morgan fingerprint density at radius 1 is 1.12 bits per heavy atom. The summed E-state index contributed by atoms with van der Waals surface area (Å²) in [6.45, 7) is 0. The molecule has 0 fully saturated rings. The Kier molecular flexibility index (Phi) is 2.66. The summed E-state index contributed by atoms with van der Waals surface area (Å²) in [5.41, 5.74) is 0.828. The minimum Gasteiger partial charge on any atom is -0.321 e. The van der Waals surface area contributed by atoms with Gasteiger partial charge in [0.25, 0.3) is 5.91 Å². The Bertz CT molecular complexity index is 626. The summed E-state index contributed by atoms with van der Waals surface area (Å²) in [4.78, 5) is 12.7. The molecular weight excluding hydrogens is 250 g/mol. The topological polar surface area (TPSA) is 29.1 Å². The van der Waals surface area contributed by atoms with E-state index in [1.165, 1.54) is 15.4 Å². The van der Waals surface area contributed by atoms with Crippen LogP contribution in [-0.2, 0) is 0 Å². The number of amides is 1. The molecule has 2 heterocycles. The maximum atomic E-state index is 12.0. The number of nitrogens with one attached hydrogen (secondary N) is 1. The number of carbonyl (C=O) groups excluding carboxylic acids is 1. The molecule has 3 aromatic rings. The van der Waals surface area contributed by atoms with Crippen LogP contribution in [0.4, 0.5) is 5.69 Å². The number of fused-ring (bicyclic) bond motifs is 1. The monoisotopic (exact) mass is 259 g/mol. The molecule has 3 rings (SSSR count). The van der Waals surface area contributed by atoms with Crippen LogP contribution in [0.5, 0.6) is 0 Å². The first-order valence-electron chi connectivity index (χ1n) is 5.16. The van der Waals surface area contributed by atoms with Gasteiger partial charge in [0.05, 0.1) is 8.89 Å². The summed E-state index contributed by atoms with van der Waals surface area (Å²) in [6.07, 6.45) is 0. The summed E-state index contributed by atoms with van der Waals surface area (Å²) < 4.78 is 1.20. The van der Waals surface area contributed by atoms with E-state index in [0.29, 0.717) is 0 Å². The van der Waals surface area contributed by atoms with Crippen molar-refractivity contribution in [1.29, 1.82) is 0 Å². The van der Waals surface area contributed by atoms with Gasteiger partial charge in [0.2, 0.25) is 0 Å². The molecule has 2 nitrogen and oxygen atoms in total. The highest BCUT2D eigenvalue weighted by Gasteiger charge is 2.10. The normalized spacial score (nSPS) is 10.6. The Balaban J connectivity index is 1.85. The minimum atomic E-state index is -0.0374. The van der Waals surface area contributed by atoms with Gasteiger partial charge in [-0.15, -0.1) is 22.7 Å². The van der Waals surface area contributed by atoms with Crippen molar-refractivity contribution in [3.63, 3.8) is 0 Å². The zero-order chi connectivity index (χ0) is 11.7. The smallest absolute Gasteiger partial charge is 0.265 e. The Morgan fingerprint density at radius 3 is 2.71 bits per heavy atom. The van der Waals surface area contributed by atoms with E-state index in [0.717, 1.165) is 16.0 Å². The lowest BCUT2D eigenvalue weighted by Gasteiger charge is -2.01. The molecule has 0 bridgehead atoms. The van der Waals surface area contributed by atoms with Gasteiger partial charge in [-0.25, -0.2) is 0 Å². The number of rotatable bonds is 2. The lowest BCUT2D eigenvalue weighted by Crippen LogP contribution is -2.09. The second-order valence-electron chi connectivity index (χ2n) is 3.59. The first-order valence-corrected chi connectivity index (χ1v) is 6.86. The van der Waals surface area contributed by atoms with E-state index in [2.05, 4.69) is 5.32 Å². The van der Waals surface area contributed by atoms with Gasteiger partial charge in [0.1, 0.15) is 0 Å². The Morgan fingerprint density at radius 2 is 1.94 bits per heavy atom. The Labute approximate surface area is 107 Å². The van der Waals surface area contributed by atoms with Gasteiger partial charge in [-0.05, 0) is 29.6 Å². The number of thiophene rings is 2. The molecule has 0 radical (unpaired) electrons. The third-order valence-corrected chi connectivity index (χ3v) is 4.61. The van der Waals surface area contributed by atoms with Gasteiger partial charge in [0, 0.05) is 11.1 Å². The van der Waals surface area contributed by atoms with Crippen molar-refractivity contribution >= 4 is 43.7 Å². The van der Waals surface area contributed by atoms with Crippen molar-refractivity contribution < 1.29 is 4.79 Å². The number of carbonyl (C=O) groups is 1. The van der Waals surface area contributed by atoms with Crippen LogP contribution in [0.1, 0.15) is 9.67 Å². The quantitative estimate of drug-likeness (QED) is 0.733. The van der Waals surface area contributed by atoms with Gasteiger partial charge in [0.15, 0.2) is 0 Å². The molecule has 0 spiro atoms. The molecule has 0 saturated heterocycles. The van der Waals surface area contributed by atoms with Crippen molar-refractivity contribution in [2.45, 2.75) is 0 Å². The molecule has 1 amide bonds. The van der Waals surface area contributed by atoms with Crippen LogP contribution >= 0.6 is 22.7 Å². The van der Waals surface area contributed by atoms with E-state index in [1.807, 2.05) is 47.8 Å². The van der Waals surface area contributed by atoms with Crippen molar-refractivity contribution in [2.75, 3.05) is 5.32 Å². The van der Waals surface area contributed by atoms with E-state index in [4.69, 9.17) is 0 Å². The molecule has 0 unspecified atom stereocenters. The highest BCUT2D eigenvalue weighted by atomic mass is 32.2. The van der Waals surface area contributed by atoms with Crippen LogP contribution < -0.4 is 5.32 Å². The third kappa shape index (κ3) is 2.09. The third-order valence-electron chi connectivity index (χ3n) is 2.40. The first kappa shape index (κ1) is 10.5. The summed E-state index contributed by atoms with van der Waals surface area (Å²) >= 11 is 3.21. The van der Waals surface area contributed by atoms with E-state index < -0.39 is 0 Å². The van der Waals surface area contributed by atoms with Gasteiger partial charge in [-0.3, -0.25) is 4.79 Å². The summed E-state index contributed by atoms with van der Waals surface area (Å²) in [5, 5.41) is 6.08. The minimum absolute atomic E-state index is 0.0374. The average molecular weight is 259 g/mol. The van der Waals surface area contributed by atoms with E-state index >= 15 is 0 Å². The standard InChI is InChI=1S/C13H9NOS2/c15-12(14-10-4-2-1-3-5-10)11-8-9-6-7-16-13(9)17-11/h1-8H,(H,14,15). The maximum absolute atomic E-state index is 12.0. The fourth-order valence-electron chi connectivity index (χ4n) is 1.59. The first-order chi connectivity index (χ1) is 8.33. The molecule has 0 aliphatic carbocycles. The van der Waals surface area contributed by atoms with Crippen LogP contribution in [0.25, 0.3) is 9.40 Å². The zero-order valence-corrected chi connectivity index (χ0v) is 10.5. The SMILES string of the molecule is O=C(Nc1ccccc1)c1cc2ccsc2s1. The molecule has 1 N–H and O–H groups in total. The highest BCUT2D eigenvalue weighted by molar-refractivity contribution is 7.38. The highest BCUT2D eigenvalue weighted by Crippen LogP contribution is 2.30. The van der Waals surface area contributed by atoms with Crippen LogP contribution in [0, 0.1) is 0 Å². The van der Waals surface area contributed by atoms with Gasteiger partial charge in [-0.2, -0.15) is 0 Å². The van der Waals surface area contributed by atoms with Gasteiger partial charge >= 0.3 is 0 Å². The van der Waals surface area contributed by atoms with Crippen LogP contribution in [-0.4, -0.2) is 5.91 Å². The number of para-hydroxylation sites is 1. The lowest BCUT2D eigenvalue weighted by atomic mass is 10.3. The molecule has 0 saturated carbocycles. The summed E-state index contributed by atoms with van der Waals surface area (Å²) in [7, 11) is 0. The Hall–Kier alpha value is -1.65. The second kappa shape index (κ2) is 4.31. The van der Waals surface area contributed by atoms with E-state index in [-0.39, 0.29) is 5.91 Å². The van der Waals surface area contributed by atoms with Crippen molar-refractivity contribution in [1.82, 2.24) is 0 Å². The fourth-order valence-corrected chi connectivity index (χ4v) is 3.60. The van der Waals surface area contributed by atoms with Gasteiger partial charge in [-0.1, -0.05) is 18.2 Å². The van der Waals surface area contributed by atoms with Crippen molar-refractivity contribution in [3.05, 3.63) is 52.7 Å². The van der Waals surface area contributed by atoms with Gasteiger partial charge < -0.3 is 5.32 Å². The molecule has 84 valence electrons. The molecular formula is C13H9NOS2. The second-order valence-corrected chi connectivity index (χ2v) is 5.82. The van der Waals surface area contributed by atoms with Crippen LogP contribution in [0.3, 0.4) is 0 Å². The van der Waals surface area contributed by atoms with Crippen LogP contribution in [0.15, 0.2) is 47.8 Å². The predicted octanol–water partition coefficient (Wildman–Crippen LogP) is 4.22. The van der Waals surface area contributed by atoms with E-state index in [1.54, 1.807) is 11.3 Å². The fraction of sp³-hybridized carbons (Fsp3) is 0. The maximum Gasteiger partial charge on any atom is 0.265 e.